The van der Waals surface area contributed by atoms with Gasteiger partial charge in [-0.25, -0.2) is 0 Å². The normalized spacial score (nSPS) is 9.48. The second-order valence-electron chi connectivity index (χ2n) is 4.10. The van der Waals surface area contributed by atoms with Crippen molar-refractivity contribution in [2.45, 2.75) is 0 Å². The molecule has 1 rings (SSSR count). The van der Waals surface area contributed by atoms with E-state index in [0.717, 1.165) is 0 Å². The van der Waals surface area contributed by atoms with E-state index in [4.69, 9.17) is 22.1 Å². The molecule has 1 aromatic carbocycles. The maximum atomic E-state index is 11.6. The predicted molar refractivity (Wildman–Crippen MR) is 83.9 cm³/mol. The van der Waals surface area contributed by atoms with Crippen LogP contribution in [-0.2, 0) is 9.59 Å². The van der Waals surface area contributed by atoms with Crippen molar-refractivity contribution in [1.29, 1.82) is 0 Å². The van der Waals surface area contributed by atoms with E-state index in [1.54, 1.807) is 31.3 Å². The molecule has 6 nitrogen and oxygen atoms in total. The Morgan fingerprint density at radius 1 is 1.33 bits per heavy atom. The van der Waals surface area contributed by atoms with Crippen LogP contribution in [0.1, 0.15) is 0 Å². The number of carbonyl (C=O) groups is 2. The van der Waals surface area contributed by atoms with Crippen molar-refractivity contribution < 1.29 is 14.3 Å². The largest absolute Gasteiger partial charge is 0.492 e. The lowest BCUT2D eigenvalue weighted by atomic mass is 10.3. The second kappa shape index (κ2) is 10.3. The Morgan fingerprint density at radius 2 is 1.95 bits per heavy atom. The highest BCUT2D eigenvalue weighted by atomic mass is 35.5. The lowest BCUT2D eigenvalue weighted by molar-refractivity contribution is -0.131. The molecule has 0 radical (unpaired) electrons. The van der Waals surface area contributed by atoms with Crippen LogP contribution in [0, 0.1) is 0 Å². The Morgan fingerprint density at radius 3 is 2.52 bits per heavy atom. The number of nitrogens with zero attached hydrogens (tertiary/aromatic N) is 1. The third-order valence-corrected chi connectivity index (χ3v) is 2.81. The number of amides is 2. The summed E-state index contributed by atoms with van der Waals surface area (Å²) in [7, 11) is 1.64. The van der Waals surface area contributed by atoms with Gasteiger partial charge in [0.1, 0.15) is 12.4 Å². The summed E-state index contributed by atoms with van der Waals surface area (Å²) in [6.07, 6.45) is 0. The van der Waals surface area contributed by atoms with Gasteiger partial charge in [0, 0.05) is 12.1 Å². The maximum Gasteiger partial charge on any atom is 0.241 e. The number of hydrogen-bond donors (Lipinski definition) is 2. The summed E-state index contributed by atoms with van der Waals surface area (Å²) in [4.78, 5) is 24.0. The van der Waals surface area contributed by atoms with E-state index in [9.17, 15) is 9.59 Å². The standard InChI is InChI=1S/C13H18ClN3O3.ClH/c1-17(13(19)9-16-12(18)8-15)6-7-20-11-4-2-10(14)3-5-11;/h2-5H,6-9,15H2,1H3,(H,16,18);1H. The minimum absolute atomic E-state index is 0. The smallest absolute Gasteiger partial charge is 0.241 e. The van der Waals surface area contributed by atoms with Gasteiger partial charge in [-0.2, -0.15) is 0 Å². The summed E-state index contributed by atoms with van der Waals surface area (Å²) >= 11 is 5.76. The van der Waals surface area contributed by atoms with E-state index in [-0.39, 0.29) is 37.3 Å². The van der Waals surface area contributed by atoms with E-state index in [1.807, 2.05) is 0 Å². The van der Waals surface area contributed by atoms with Crippen LogP contribution in [0.25, 0.3) is 0 Å². The predicted octanol–water partition coefficient (Wildman–Crippen LogP) is 0.674. The highest BCUT2D eigenvalue weighted by Crippen LogP contribution is 2.15. The number of nitrogens with two attached hydrogens (primary N) is 1. The number of carbonyl (C=O) groups excluding carboxylic acids is 2. The molecule has 0 aliphatic heterocycles. The first-order chi connectivity index (χ1) is 9.52. The van der Waals surface area contributed by atoms with Gasteiger partial charge in [-0.15, -0.1) is 12.4 Å². The Hall–Kier alpha value is -1.50. The Bertz CT molecular complexity index is 454. The summed E-state index contributed by atoms with van der Waals surface area (Å²) in [5.74, 6) is 0.127. The summed E-state index contributed by atoms with van der Waals surface area (Å²) in [5.41, 5.74) is 5.12. The van der Waals surface area contributed by atoms with Crippen molar-refractivity contribution in [2.24, 2.45) is 5.73 Å². The molecule has 118 valence electrons. The molecule has 0 atom stereocenters. The average Bonchev–Trinajstić information content (AvgIpc) is 2.46. The van der Waals surface area contributed by atoms with Crippen LogP contribution in [-0.4, -0.2) is 50.0 Å². The zero-order valence-electron chi connectivity index (χ0n) is 11.7. The van der Waals surface area contributed by atoms with Crippen molar-refractivity contribution in [3.63, 3.8) is 0 Å². The van der Waals surface area contributed by atoms with Gasteiger partial charge < -0.3 is 20.7 Å². The SMILES string of the molecule is CN(CCOc1ccc(Cl)cc1)C(=O)CNC(=O)CN.Cl. The van der Waals surface area contributed by atoms with Crippen LogP contribution in [0.4, 0.5) is 0 Å². The molecule has 0 aliphatic carbocycles. The molecule has 8 heteroatoms. The molecule has 0 bridgehead atoms. The van der Waals surface area contributed by atoms with Gasteiger partial charge in [0.05, 0.1) is 19.6 Å². The Balaban J connectivity index is 0.00000400. The fourth-order valence-electron chi connectivity index (χ4n) is 1.34. The summed E-state index contributed by atoms with van der Waals surface area (Å²) < 4.78 is 5.47. The lowest BCUT2D eigenvalue weighted by Gasteiger charge is -2.17. The summed E-state index contributed by atoms with van der Waals surface area (Å²) in [5, 5.41) is 3.06. The first-order valence-electron chi connectivity index (χ1n) is 6.12. The van der Waals surface area contributed by atoms with Crippen LogP contribution in [0.5, 0.6) is 5.75 Å². The van der Waals surface area contributed by atoms with Crippen LogP contribution in [0.2, 0.25) is 5.02 Å². The zero-order valence-corrected chi connectivity index (χ0v) is 13.2. The van der Waals surface area contributed by atoms with Crippen LogP contribution < -0.4 is 15.8 Å². The van der Waals surface area contributed by atoms with Gasteiger partial charge in [-0.1, -0.05) is 11.6 Å². The lowest BCUT2D eigenvalue weighted by Crippen LogP contribution is -2.41. The van der Waals surface area contributed by atoms with Crippen molar-refractivity contribution >= 4 is 35.8 Å². The van der Waals surface area contributed by atoms with Crippen LogP contribution >= 0.6 is 24.0 Å². The van der Waals surface area contributed by atoms with E-state index in [0.29, 0.717) is 23.9 Å². The summed E-state index contributed by atoms with van der Waals surface area (Å²) in [6.45, 7) is 0.582. The number of hydrogen-bond acceptors (Lipinski definition) is 4. The molecule has 2 amide bonds. The van der Waals surface area contributed by atoms with Gasteiger partial charge in [-0.3, -0.25) is 9.59 Å². The third kappa shape index (κ3) is 7.75. The maximum absolute atomic E-state index is 11.6. The van der Waals surface area contributed by atoms with Gasteiger partial charge in [0.25, 0.3) is 0 Å². The highest BCUT2D eigenvalue weighted by molar-refractivity contribution is 6.30. The first kappa shape index (κ1) is 19.5. The van der Waals surface area contributed by atoms with Gasteiger partial charge in [0.15, 0.2) is 0 Å². The number of ether oxygens (including phenoxy) is 1. The van der Waals surface area contributed by atoms with Gasteiger partial charge >= 0.3 is 0 Å². The topological polar surface area (TPSA) is 84.7 Å². The number of rotatable bonds is 7. The molecule has 0 fully saturated rings. The zero-order chi connectivity index (χ0) is 15.0. The number of benzene rings is 1. The second-order valence-corrected chi connectivity index (χ2v) is 4.53. The van der Waals surface area contributed by atoms with Crippen molar-refractivity contribution in [3.8, 4) is 5.75 Å². The van der Waals surface area contributed by atoms with Crippen molar-refractivity contribution in [3.05, 3.63) is 29.3 Å². The molecule has 0 aliphatic rings. The molecule has 0 aromatic heterocycles. The Labute approximate surface area is 135 Å². The quantitative estimate of drug-likeness (QED) is 0.767. The number of likely N-dealkylation sites (N-methyl/N-ethyl adjacent to an activating group) is 1. The average molecular weight is 336 g/mol. The number of nitrogens with one attached hydrogen (secondary N) is 1. The molecule has 0 saturated heterocycles. The number of halogens is 2. The van der Waals surface area contributed by atoms with Gasteiger partial charge in [-0.05, 0) is 24.3 Å². The fourth-order valence-corrected chi connectivity index (χ4v) is 1.46. The minimum atomic E-state index is -0.357. The van der Waals surface area contributed by atoms with Crippen molar-refractivity contribution in [2.75, 3.05) is 33.3 Å². The highest BCUT2D eigenvalue weighted by Gasteiger charge is 2.09. The van der Waals surface area contributed by atoms with E-state index in [1.165, 1.54) is 4.90 Å². The van der Waals surface area contributed by atoms with E-state index < -0.39 is 0 Å². The van der Waals surface area contributed by atoms with Gasteiger partial charge in [0.2, 0.25) is 11.8 Å². The molecule has 0 saturated carbocycles. The van der Waals surface area contributed by atoms with Crippen molar-refractivity contribution in [1.82, 2.24) is 10.2 Å². The monoisotopic (exact) mass is 335 g/mol. The minimum Gasteiger partial charge on any atom is -0.492 e. The fraction of sp³-hybridized carbons (Fsp3) is 0.385. The van der Waals surface area contributed by atoms with Crippen LogP contribution in [0.15, 0.2) is 24.3 Å². The van der Waals surface area contributed by atoms with Crippen LogP contribution in [0.3, 0.4) is 0 Å². The molecule has 0 heterocycles. The molecular formula is C13H19Cl2N3O3. The molecular weight excluding hydrogens is 317 g/mol. The summed E-state index contributed by atoms with van der Waals surface area (Å²) in [6, 6.07) is 6.97. The van der Waals surface area contributed by atoms with E-state index in [2.05, 4.69) is 5.32 Å². The first-order valence-corrected chi connectivity index (χ1v) is 6.50. The molecule has 1 aromatic rings. The van der Waals surface area contributed by atoms with E-state index >= 15 is 0 Å². The third-order valence-electron chi connectivity index (χ3n) is 2.56. The molecule has 0 unspecified atom stereocenters. The molecule has 0 spiro atoms. The molecule has 3 N–H and O–H groups in total. The Kier molecular flexibility index (Phi) is 9.53. The molecule has 21 heavy (non-hydrogen) atoms.